The van der Waals surface area contributed by atoms with E-state index in [0.29, 0.717) is 18.2 Å². The minimum atomic E-state index is -0.184. The summed E-state index contributed by atoms with van der Waals surface area (Å²) in [6.07, 6.45) is 9.05. The highest BCUT2D eigenvalue weighted by Gasteiger charge is 2.11. The van der Waals surface area contributed by atoms with Gasteiger partial charge in [-0.15, -0.1) is 0 Å². The number of carbonyl (C=O) groups is 1. The molecule has 6 nitrogen and oxygen atoms in total. The van der Waals surface area contributed by atoms with Gasteiger partial charge in [-0.25, -0.2) is 9.97 Å². The van der Waals surface area contributed by atoms with E-state index in [2.05, 4.69) is 26.7 Å². The lowest BCUT2D eigenvalue weighted by atomic mass is 9.97. The molecule has 154 valence electrons. The molecule has 1 amide bonds. The van der Waals surface area contributed by atoms with Crippen molar-refractivity contribution in [1.82, 2.24) is 15.3 Å². The summed E-state index contributed by atoms with van der Waals surface area (Å²) < 4.78 is 5.23. The molecule has 2 aromatic rings. The maximum absolute atomic E-state index is 12.5. The Morgan fingerprint density at radius 2 is 2.03 bits per heavy atom. The zero-order valence-electron chi connectivity index (χ0n) is 17.3. The molecule has 1 aromatic carbocycles. The normalized spacial score (nSPS) is 13.5. The standard InChI is InChI=1S/C23H30N4O2/c1-17-15-21(22(28)24-13-12-19-9-6-10-20(16-19)29-2)27-23(26-17)25-14-11-18-7-4-3-5-8-18/h6-7,9-10,15-16H,3-5,8,11-14H2,1-2H3,(H,24,28)(H,25,26,27). The van der Waals surface area contributed by atoms with Crippen LogP contribution in [-0.4, -0.2) is 36.1 Å². The zero-order chi connectivity index (χ0) is 20.5. The summed E-state index contributed by atoms with van der Waals surface area (Å²) in [4.78, 5) is 21.3. The molecule has 3 rings (SSSR count). The van der Waals surface area contributed by atoms with Crippen LogP contribution in [0.25, 0.3) is 0 Å². The Morgan fingerprint density at radius 1 is 1.14 bits per heavy atom. The summed E-state index contributed by atoms with van der Waals surface area (Å²) in [6, 6.07) is 9.57. The first-order valence-electron chi connectivity index (χ1n) is 10.3. The molecule has 0 spiro atoms. The van der Waals surface area contributed by atoms with Gasteiger partial charge in [0.15, 0.2) is 0 Å². The smallest absolute Gasteiger partial charge is 0.270 e. The van der Waals surface area contributed by atoms with E-state index in [4.69, 9.17) is 4.74 Å². The second-order valence-corrected chi connectivity index (χ2v) is 7.36. The second-order valence-electron chi connectivity index (χ2n) is 7.36. The number of methoxy groups -OCH3 is 1. The molecule has 1 aromatic heterocycles. The fraction of sp³-hybridized carbons (Fsp3) is 0.435. The van der Waals surface area contributed by atoms with Crippen molar-refractivity contribution in [2.24, 2.45) is 0 Å². The molecule has 1 aliphatic carbocycles. The van der Waals surface area contributed by atoms with Crippen molar-refractivity contribution in [3.05, 3.63) is 58.9 Å². The van der Waals surface area contributed by atoms with Gasteiger partial charge in [-0.3, -0.25) is 4.79 Å². The highest BCUT2D eigenvalue weighted by atomic mass is 16.5. The average molecular weight is 395 g/mol. The van der Waals surface area contributed by atoms with Crippen molar-refractivity contribution in [2.75, 3.05) is 25.5 Å². The number of hydrogen-bond donors (Lipinski definition) is 2. The minimum Gasteiger partial charge on any atom is -0.497 e. The molecule has 29 heavy (non-hydrogen) atoms. The Labute approximate surface area is 172 Å². The molecule has 1 heterocycles. The summed E-state index contributed by atoms with van der Waals surface area (Å²) in [5, 5.41) is 6.21. The zero-order valence-corrected chi connectivity index (χ0v) is 17.3. The first-order chi connectivity index (χ1) is 14.1. The largest absolute Gasteiger partial charge is 0.497 e. The Morgan fingerprint density at radius 3 is 2.83 bits per heavy atom. The van der Waals surface area contributed by atoms with E-state index in [0.717, 1.165) is 36.4 Å². The maximum Gasteiger partial charge on any atom is 0.270 e. The van der Waals surface area contributed by atoms with Gasteiger partial charge >= 0.3 is 0 Å². The topological polar surface area (TPSA) is 76.1 Å². The van der Waals surface area contributed by atoms with E-state index in [1.54, 1.807) is 13.2 Å². The van der Waals surface area contributed by atoms with Crippen molar-refractivity contribution in [2.45, 2.75) is 45.4 Å². The first-order valence-corrected chi connectivity index (χ1v) is 10.3. The monoisotopic (exact) mass is 394 g/mol. The third-order valence-electron chi connectivity index (χ3n) is 5.03. The molecule has 0 fully saturated rings. The summed E-state index contributed by atoms with van der Waals surface area (Å²) in [5.41, 5.74) is 3.79. The van der Waals surface area contributed by atoms with Gasteiger partial charge in [0.2, 0.25) is 5.95 Å². The van der Waals surface area contributed by atoms with Crippen molar-refractivity contribution in [3.63, 3.8) is 0 Å². The molecule has 0 saturated heterocycles. The number of nitrogens with zero attached hydrogens (tertiary/aromatic N) is 2. The second kappa shape index (κ2) is 10.6. The number of carbonyl (C=O) groups excluding carboxylic acids is 1. The highest BCUT2D eigenvalue weighted by Crippen LogP contribution is 2.20. The number of allylic oxidation sites excluding steroid dienone is 1. The van der Waals surface area contributed by atoms with E-state index in [1.807, 2.05) is 31.2 Å². The molecular formula is C23H30N4O2. The number of aromatic nitrogens is 2. The molecule has 0 atom stereocenters. The summed E-state index contributed by atoms with van der Waals surface area (Å²) in [7, 11) is 1.65. The lowest BCUT2D eigenvalue weighted by Crippen LogP contribution is -2.27. The molecule has 2 N–H and O–H groups in total. The van der Waals surface area contributed by atoms with Crippen LogP contribution >= 0.6 is 0 Å². The van der Waals surface area contributed by atoms with Crippen LogP contribution in [-0.2, 0) is 6.42 Å². The van der Waals surface area contributed by atoms with Crippen LogP contribution in [0, 0.1) is 6.92 Å². The van der Waals surface area contributed by atoms with E-state index >= 15 is 0 Å². The predicted molar refractivity (Wildman–Crippen MR) is 115 cm³/mol. The summed E-state index contributed by atoms with van der Waals surface area (Å²) >= 11 is 0. The number of amides is 1. The molecule has 0 bridgehead atoms. The third-order valence-corrected chi connectivity index (χ3v) is 5.03. The van der Waals surface area contributed by atoms with Gasteiger partial charge in [-0.05, 0) is 69.2 Å². The number of aryl methyl sites for hydroxylation is 1. The quantitative estimate of drug-likeness (QED) is 0.627. The molecule has 0 saturated carbocycles. The SMILES string of the molecule is COc1cccc(CCNC(=O)c2cc(C)nc(NCCC3=CCCCC3)n2)c1. The van der Waals surface area contributed by atoms with Gasteiger partial charge in [0.25, 0.3) is 5.91 Å². The number of hydrogen-bond acceptors (Lipinski definition) is 5. The van der Waals surface area contributed by atoms with Crippen molar-refractivity contribution in [3.8, 4) is 5.75 Å². The predicted octanol–water partition coefficient (Wildman–Crippen LogP) is 4.07. The fourth-order valence-corrected chi connectivity index (χ4v) is 3.47. The average Bonchev–Trinajstić information content (AvgIpc) is 2.74. The summed E-state index contributed by atoms with van der Waals surface area (Å²) in [6.45, 7) is 3.20. The minimum absolute atomic E-state index is 0.184. The Balaban J connectivity index is 1.51. The maximum atomic E-state index is 12.5. The molecule has 0 aliphatic heterocycles. The summed E-state index contributed by atoms with van der Waals surface area (Å²) in [5.74, 6) is 1.15. The Hall–Kier alpha value is -2.89. The van der Waals surface area contributed by atoms with Crippen LogP contribution < -0.4 is 15.4 Å². The third kappa shape index (κ3) is 6.59. The molecule has 6 heteroatoms. The van der Waals surface area contributed by atoms with Gasteiger partial charge in [-0.2, -0.15) is 0 Å². The molecule has 0 radical (unpaired) electrons. The van der Waals surface area contributed by atoms with Crippen LogP contribution in [0.3, 0.4) is 0 Å². The fourth-order valence-electron chi connectivity index (χ4n) is 3.47. The lowest BCUT2D eigenvalue weighted by Gasteiger charge is -2.13. The van der Waals surface area contributed by atoms with Crippen LogP contribution in [0.5, 0.6) is 5.75 Å². The molecule has 1 aliphatic rings. The van der Waals surface area contributed by atoms with Gasteiger partial charge < -0.3 is 15.4 Å². The van der Waals surface area contributed by atoms with E-state index in [9.17, 15) is 4.79 Å². The van der Waals surface area contributed by atoms with Gasteiger partial charge in [0, 0.05) is 18.8 Å². The van der Waals surface area contributed by atoms with Crippen LogP contribution in [0.2, 0.25) is 0 Å². The van der Waals surface area contributed by atoms with E-state index < -0.39 is 0 Å². The number of nitrogens with one attached hydrogen (secondary N) is 2. The Kier molecular flexibility index (Phi) is 7.61. The van der Waals surface area contributed by atoms with Crippen molar-refractivity contribution >= 4 is 11.9 Å². The van der Waals surface area contributed by atoms with Crippen molar-refractivity contribution < 1.29 is 9.53 Å². The first kappa shape index (κ1) is 20.8. The molecule has 0 unspecified atom stereocenters. The number of ether oxygens (including phenoxy) is 1. The van der Waals surface area contributed by atoms with E-state index in [1.165, 1.54) is 31.3 Å². The van der Waals surface area contributed by atoms with Gasteiger partial charge in [0.05, 0.1) is 7.11 Å². The van der Waals surface area contributed by atoms with Crippen LogP contribution in [0.15, 0.2) is 42.0 Å². The van der Waals surface area contributed by atoms with Gasteiger partial charge in [0.1, 0.15) is 11.4 Å². The number of rotatable bonds is 9. The Bertz CT molecular complexity index is 864. The lowest BCUT2D eigenvalue weighted by molar-refractivity contribution is 0.0949. The van der Waals surface area contributed by atoms with E-state index in [-0.39, 0.29) is 5.91 Å². The van der Waals surface area contributed by atoms with Crippen molar-refractivity contribution in [1.29, 1.82) is 0 Å². The van der Waals surface area contributed by atoms with Crippen LogP contribution in [0.1, 0.15) is 53.8 Å². The number of benzene rings is 1. The molecular weight excluding hydrogens is 364 g/mol. The number of anilines is 1. The van der Waals surface area contributed by atoms with Gasteiger partial charge in [-0.1, -0.05) is 23.8 Å². The van der Waals surface area contributed by atoms with Crippen LogP contribution in [0.4, 0.5) is 5.95 Å². The highest BCUT2D eigenvalue weighted by molar-refractivity contribution is 5.92.